The first-order valence-electron chi connectivity index (χ1n) is 7.28. The highest BCUT2D eigenvalue weighted by Gasteiger charge is 2.12. The Morgan fingerprint density at radius 2 is 2.10 bits per heavy atom. The molecule has 1 unspecified atom stereocenters. The van der Waals surface area contributed by atoms with Crippen LogP contribution in [0.4, 0.5) is 5.82 Å². The highest BCUT2D eigenvalue weighted by molar-refractivity contribution is 5.39. The molecule has 0 saturated heterocycles. The largest absolute Gasteiger partial charge is 0.497 e. The number of ether oxygens (including phenoxy) is 1. The maximum Gasteiger partial charge on any atom is 0.126 e. The normalized spacial score (nSPS) is 12.1. The summed E-state index contributed by atoms with van der Waals surface area (Å²) in [7, 11) is 1.69. The van der Waals surface area contributed by atoms with E-state index in [-0.39, 0.29) is 0 Å². The summed E-state index contributed by atoms with van der Waals surface area (Å²) in [6.45, 7) is 3.04. The molecule has 0 amide bonds. The molecule has 4 heteroatoms. The van der Waals surface area contributed by atoms with Crippen LogP contribution in [0.2, 0.25) is 0 Å². The van der Waals surface area contributed by atoms with E-state index in [1.807, 2.05) is 24.3 Å². The van der Waals surface area contributed by atoms with Gasteiger partial charge in [-0.1, -0.05) is 25.1 Å². The Hall–Kier alpha value is -2.07. The smallest absolute Gasteiger partial charge is 0.126 e. The van der Waals surface area contributed by atoms with E-state index < -0.39 is 0 Å². The topological polar surface area (TPSA) is 60.2 Å². The van der Waals surface area contributed by atoms with E-state index in [1.54, 1.807) is 13.3 Å². The van der Waals surface area contributed by atoms with Gasteiger partial charge < -0.3 is 15.8 Å². The number of pyridine rings is 1. The zero-order chi connectivity index (χ0) is 15.1. The third-order valence-electron chi connectivity index (χ3n) is 3.50. The summed E-state index contributed by atoms with van der Waals surface area (Å²) < 4.78 is 5.28. The third-order valence-corrected chi connectivity index (χ3v) is 3.50. The number of nitrogens with one attached hydrogen (secondary N) is 1. The van der Waals surface area contributed by atoms with Gasteiger partial charge in [-0.05, 0) is 48.7 Å². The number of anilines is 1. The lowest BCUT2D eigenvalue weighted by atomic mass is 9.99. The Morgan fingerprint density at radius 3 is 2.81 bits per heavy atom. The van der Waals surface area contributed by atoms with Gasteiger partial charge in [0.05, 0.1) is 7.11 Å². The Morgan fingerprint density at radius 1 is 1.24 bits per heavy atom. The Labute approximate surface area is 126 Å². The van der Waals surface area contributed by atoms with E-state index in [0.29, 0.717) is 11.9 Å². The fourth-order valence-corrected chi connectivity index (χ4v) is 2.48. The predicted octanol–water partition coefficient (Wildman–Crippen LogP) is 2.44. The molecule has 0 aliphatic heterocycles. The zero-order valence-electron chi connectivity index (χ0n) is 12.7. The molecular weight excluding hydrogens is 262 g/mol. The molecule has 0 saturated carbocycles. The van der Waals surface area contributed by atoms with Crippen molar-refractivity contribution < 1.29 is 4.74 Å². The molecule has 0 bridgehead atoms. The molecule has 0 spiro atoms. The molecule has 0 aliphatic carbocycles. The van der Waals surface area contributed by atoms with E-state index in [2.05, 4.69) is 29.4 Å². The summed E-state index contributed by atoms with van der Waals surface area (Å²) >= 11 is 0. The maximum atomic E-state index is 5.95. The molecule has 3 N–H and O–H groups in total. The van der Waals surface area contributed by atoms with Crippen molar-refractivity contribution in [3.8, 4) is 5.75 Å². The standard InChI is InChI=1S/C17H23N3O/c1-3-19-15(12-14-7-5-9-20-17(14)18)10-13-6-4-8-16(11-13)21-2/h4-9,11,15,19H,3,10,12H2,1-2H3,(H2,18,20). The van der Waals surface area contributed by atoms with E-state index in [4.69, 9.17) is 10.5 Å². The molecule has 0 aliphatic rings. The number of benzene rings is 1. The number of hydrogen-bond donors (Lipinski definition) is 2. The van der Waals surface area contributed by atoms with Crippen molar-refractivity contribution in [1.29, 1.82) is 0 Å². The summed E-state index contributed by atoms with van der Waals surface area (Å²) in [4.78, 5) is 4.16. The average molecular weight is 285 g/mol. The van der Waals surface area contributed by atoms with Crippen molar-refractivity contribution in [2.45, 2.75) is 25.8 Å². The van der Waals surface area contributed by atoms with Crippen LogP contribution in [0.25, 0.3) is 0 Å². The van der Waals surface area contributed by atoms with Crippen LogP contribution in [0.5, 0.6) is 5.75 Å². The van der Waals surface area contributed by atoms with Gasteiger partial charge in [-0.25, -0.2) is 4.98 Å². The first-order valence-corrected chi connectivity index (χ1v) is 7.28. The number of nitrogens with zero attached hydrogens (tertiary/aromatic N) is 1. The minimum atomic E-state index is 0.327. The number of methoxy groups -OCH3 is 1. The van der Waals surface area contributed by atoms with E-state index in [9.17, 15) is 0 Å². The van der Waals surface area contributed by atoms with E-state index in [0.717, 1.165) is 30.7 Å². The highest BCUT2D eigenvalue weighted by Crippen LogP contribution is 2.17. The van der Waals surface area contributed by atoms with Crippen LogP contribution in [0, 0.1) is 0 Å². The Bertz CT molecular complexity index is 571. The second-order valence-corrected chi connectivity index (χ2v) is 5.06. The van der Waals surface area contributed by atoms with Gasteiger partial charge >= 0.3 is 0 Å². The fraction of sp³-hybridized carbons (Fsp3) is 0.353. The number of nitrogen functional groups attached to an aromatic ring is 1. The maximum absolute atomic E-state index is 5.95. The second kappa shape index (κ2) is 7.64. The Kier molecular flexibility index (Phi) is 5.58. The van der Waals surface area contributed by atoms with Crippen LogP contribution in [-0.4, -0.2) is 24.7 Å². The highest BCUT2D eigenvalue weighted by atomic mass is 16.5. The lowest BCUT2D eigenvalue weighted by molar-refractivity contribution is 0.413. The molecule has 1 heterocycles. The van der Waals surface area contributed by atoms with Crippen LogP contribution < -0.4 is 15.8 Å². The molecule has 0 fully saturated rings. The van der Waals surface area contributed by atoms with Crippen LogP contribution in [0.3, 0.4) is 0 Å². The molecule has 1 aromatic carbocycles. The van der Waals surface area contributed by atoms with Crippen molar-refractivity contribution in [2.24, 2.45) is 0 Å². The molecule has 21 heavy (non-hydrogen) atoms. The molecule has 2 aromatic rings. The van der Waals surface area contributed by atoms with E-state index >= 15 is 0 Å². The number of rotatable bonds is 7. The van der Waals surface area contributed by atoms with Gasteiger partial charge in [0.1, 0.15) is 11.6 Å². The molecule has 112 valence electrons. The number of aromatic nitrogens is 1. The summed E-state index contributed by atoms with van der Waals surface area (Å²) in [5.74, 6) is 1.51. The van der Waals surface area contributed by atoms with Gasteiger partial charge in [0.2, 0.25) is 0 Å². The summed E-state index contributed by atoms with van der Waals surface area (Å²) in [6, 6.07) is 12.5. The monoisotopic (exact) mass is 285 g/mol. The molecule has 2 rings (SSSR count). The van der Waals surface area contributed by atoms with E-state index in [1.165, 1.54) is 5.56 Å². The summed E-state index contributed by atoms with van der Waals surface area (Å²) in [5.41, 5.74) is 8.29. The molecular formula is C17H23N3O. The van der Waals surface area contributed by atoms with Gasteiger partial charge in [0.25, 0.3) is 0 Å². The van der Waals surface area contributed by atoms with Gasteiger partial charge in [0, 0.05) is 12.2 Å². The summed E-state index contributed by atoms with van der Waals surface area (Å²) in [5, 5.41) is 3.52. The predicted molar refractivity (Wildman–Crippen MR) is 86.5 cm³/mol. The Balaban J connectivity index is 2.10. The first kappa shape index (κ1) is 15.3. The molecule has 1 aromatic heterocycles. The van der Waals surface area contributed by atoms with Gasteiger partial charge in [0.15, 0.2) is 0 Å². The minimum absolute atomic E-state index is 0.327. The van der Waals surface area contributed by atoms with Crippen molar-refractivity contribution in [3.63, 3.8) is 0 Å². The number of likely N-dealkylation sites (N-methyl/N-ethyl adjacent to an activating group) is 1. The molecule has 1 atom stereocenters. The molecule has 4 nitrogen and oxygen atoms in total. The van der Waals surface area contributed by atoms with Crippen LogP contribution >= 0.6 is 0 Å². The number of nitrogens with two attached hydrogens (primary N) is 1. The lowest BCUT2D eigenvalue weighted by Gasteiger charge is -2.19. The first-order chi connectivity index (χ1) is 10.2. The third kappa shape index (κ3) is 4.46. The van der Waals surface area contributed by atoms with Crippen molar-refractivity contribution in [1.82, 2.24) is 10.3 Å². The molecule has 0 radical (unpaired) electrons. The van der Waals surface area contributed by atoms with Crippen LogP contribution in [0.15, 0.2) is 42.6 Å². The van der Waals surface area contributed by atoms with Gasteiger partial charge in [-0.2, -0.15) is 0 Å². The SMILES string of the molecule is CCNC(Cc1cccc(OC)c1)Cc1cccnc1N. The zero-order valence-corrected chi connectivity index (χ0v) is 12.7. The van der Waals surface area contributed by atoms with Crippen LogP contribution in [0.1, 0.15) is 18.1 Å². The van der Waals surface area contributed by atoms with Crippen LogP contribution in [-0.2, 0) is 12.8 Å². The van der Waals surface area contributed by atoms with Crippen molar-refractivity contribution in [3.05, 3.63) is 53.7 Å². The lowest BCUT2D eigenvalue weighted by Crippen LogP contribution is -2.33. The quantitative estimate of drug-likeness (QED) is 0.820. The summed E-state index contributed by atoms with van der Waals surface area (Å²) in [6.07, 6.45) is 3.52. The fourth-order valence-electron chi connectivity index (χ4n) is 2.48. The number of hydrogen-bond acceptors (Lipinski definition) is 4. The van der Waals surface area contributed by atoms with Gasteiger partial charge in [-0.3, -0.25) is 0 Å². The van der Waals surface area contributed by atoms with Crippen molar-refractivity contribution >= 4 is 5.82 Å². The van der Waals surface area contributed by atoms with Crippen molar-refractivity contribution in [2.75, 3.05) is 19.4 Å². The second-order valence-electron chi connectivity index (χ2n) is 5.06. The average Bonchev–Trinajstić information content (AvgIpc) is 2.50. The van der Waals surface area contributed by atoms with Gasteiger partial charge in [-0.15, -0.1) is 0 Å². The minimum Gasteiger partial charge on any atom is -0.497 e.